The zero-order chi connectivity index (χ0) is 14.2. The third kappa shape index (κ3) is 4.37. The van der Waals surface area contributed by atoms with Crippen LogP contribution in [-0.4, -0.2) is 31.4 Å². The highest BCUT2D eigenvalue weighted by Gasteiger charge is 2.04. The third-order valence-electron chi connectivity index (χ3n) is 3.25. The van der Waals surface area contributed by atoms with Crippen molar-refractivity contribution < 1.29 is 9.84 Å². The van der Waals surface area contributed by atoms with E-state index in [1.54, 1.807) is 0 Å². The van der Waals surface area contributed by atoms with Crippen molar-refractivity contribution in [2.75, 3.05) is 20.3 Å². The van der Waals surface area contributed by atoms with Gasteiger partial charge in [-0.2, -0.15) is 0 Å². The Labute approximate surface area is 120 Å². The van der Waals surface area contributed by atoms with E-state index in [2.05, 4.69) is 41.7 Å². The van der Waals surface area contributed by atoms with Gasteiger partial charge >= 0.3 is 0 Å². The lowest BCUT2D eigenvalue weighted by atomic mass is 10.1. The van der Waals surface area contributed by atoms with Crippen LogP contribution in [0.1, 0.15) is 11.1 Å². The van der Waals surface area contributed by atoms with E-state index in [4.69, 9.17) is 9.84 Å². The first-order chi connectivity index (χ1) is 9.81. The molecule has 0 saturated heterocycles. The number of benzene rings is 2. The van der Waals surface area contributed by atoms with Crippen molar-refractivity contribution in [2.24, 2.45) is 0 Å². The zero-order valence-electron chi connectivity index (χ0n) is 11.8. The maximum absolute atomic E-state index is 9.07. The molecule has 0 saturated carbocycles. The Kier molecular flexibility index (Phi) is 5.59. The molecule has 0 amide bonds. The van der Waals surface area contributed by atoms with Crippen molar-refractivity contribution in [3.63, 3.8) is 0 Å². The number of hydrogen-bond donors (Lipinski definition) is 2. The predicted octanol–water partition coefficient (Wildman–Crippen LogP) is 2.24. The number of hydrogen-bond acceptors (Lipinski definition) is 3. The molecule has 0 aromatic heterocycles. The second-order valence-electron chi connectivity index (χ2n) is 4.79. The first-order valence-corrected chi connectivity index (χ1v) is 6.85. The van der Waals surface area contributed by atoms with Gasteiger partial charge in [0.15, 0.2) is 0 Å². The molecule has 3 heteroatoms. The molecule has 2 rings (SSSR count). The summed E-state index contributed by atoms with van der Waals surface area (Å²) in [6.07, 6.45) is 0.927. The maximum Gasteiger partial charge on any atom is 0.119 e. The van der Waals surface area contributed by atoms with Gasteiger partial charge in [0.25, 0.3) is 0 Å². The van der Waals surface area contributed by atoms with E-state index in [1.165, 1.54) is 11.1 Å². The van der Waals surface area contributed by atoms with Crippen molar-refractivity contribution in [1.29, 1.82) is 0 Å². The first-order valence-electron chi connectivity index (χ1n) is 6.85. The van der Waals surface area contributed by atoms with Crippen LogP contribution in [0.3, 0.4) is 0 Å². The number of ether oxygens (including phenoxy) is 1. The van der Waals surface area contributed by atoms with E-state index >= 15 is 0 Å². The largest absolute Gasteiger partial charge is 0.492 e. The minimum Gasteiger partial charge on any atom is -0.492 e. The van der Waals surface area contributed by atoms with E-state index in [1.807, 2.05) is 25.2 Å². The third-order valence-corrected chi connectivity index (χ3v) is 3.25. The van der Waals surface area contributed by atoms with Crippen LogP contribution in [0.4, 0.5) is 0 Å². The van der Waals surface area contributed by atoms with Crippen LogP contribution in [0.25, 0.3) is 0 Å². The summed E-state index contributed by atoms with van der Waals surface area (Å²) in [5.74, 6) is 0.829. The lowest BCUT2D eigenvalue weighted by Crippen LogP contribution is -2.34. The molecular weight excluding hydrogens is 250 g/mol. The average molecular weight is 271 g/mol. The van der Waals surface area contributed by atoms with Crippen LogP contribution >= 0.6 is 0 Å². The van der Waals surface area contributed by atoms with Gasteiger partial charge in [0.05, 0.1) is 12.6 Å². The molecule has 0 aliphatic heterocycles. The summed E-state index contributed by atoms with van der Waals surface area (Å²) in [6.45, 7) is 0.535. The predicted molar refractivity (Wildman–Crippen MR) is 81.1 cm³/mol. The van der Waals surface area contributed by atoms with Crippen LogP contribution < -0.4 is 10.1 Å². The van der Waals surface area contributed by atoms with Crippen LogP contribution in [0.15, 0.2) is 54.6 Å². The van der Waals surface area contributed by atoms with Gasteiger partial charge < -0.3 is 15.2 Å². The molecule has 106 valence electrons. The molecule has 0 aliphatic carbocycles. The fourth-order valence-corrected chi connectivity index (χ4v) is 1.96. The molecule has 0 fully saturated rings. The fraction of sp³-hybridized carbons (Fsp3) is 0.294. The highest BCUT2D eigenvalue weighted by atomic mass is 16.5. The van der Waals surface area contributed by atoms with E-state index in [9.17, 15) is 0 Å². The normalized spacial score (nSPS) is 12.1. The number of likely N-dealkylation sites (N-methyl/N-ethyl adjacent to an activating group) is 1. The molecule has 20 heavy (non-hydrogen) atoms. The Morgan fingerprint density at radius 1 is 1.00 bits per heavy atom. The Bertz CT molecular complexity index is 492. The molecule has 2 aromatic carbocycles. The summed E-state index contributed by atoms with van der Waals surface area (Å²) in [6, 6.07) is 18.5. The van der Waals surface area contributed by atoms with Gasteiger partial charge in [-0.05, 0) is 36.7 Å². The highest BCUT2D eigenvalue weighted by Crippen LogP contribution is 2.15. The molecule has 1 unspecified atom stereocenters. The number of rotatable bonds is 7. The Balaban J connectivity index is 1.90. The topological polar surface area (TPSA) is 41.5 Å². The molecule has 2 N–H and O–H groups in total. The van der Waals surface area contributed by atoms with E-state index < -0.39 is 0 Å². The number of aliphatic hydroxyl groups excluding tert-OH is 1. The second-order valence-corrected chi connectivity index (χ2v) is 4.79. The Morgan fingerprint density at radius 2 is 1.65 bits per heavy atom. The lowest BCUT2D eigenvalue weighted by molar-refractivity contribution is 0.189. The van der Waals surface area contributed by atoms with Crippen molar-refractivity contribution >= 4 is 0 Å². The van der Waals surface area contributed by atoms with Crippen LogP contribution in [-0.2, 0) is 6.42 Å². The number of aliphatic hydroxyl groups is 1. The molecule has 0 heterocycles. The van der Waals surface area contributed by atoms with Gasteiger partial charge in [-0.15, -0.1) is 0 Å². The number of nitrogens with one attached hydrogen (secondary N) is 1. The van der Waals surface area contributed by atoms with Crippen molar-refractivity contribution in [3.05, 3.63) is 65.7 Å². The summed E-state index contributed by atoms with van der Waals surface area (Å²) in [4.78, 5) is 0. The van der Waals surface area contributed by atoms with Gasteiger partial charge in [0.2, 0.25) is 0 Å². The van der Waals surface area contributed by atoms with E-state index in [0.29, 0.717) is 6.61 Å². The standard InChI is InChI=1S/C17H21NO2/c1-18-16(12-19)13-20-17-9-7-15(8-10-17)11-14-5-3-2-4-6-14/h2-10,16,18-19H,11-13H2,1H3. The van der Waals surface area contributed by atoms with Gasteiger partial charge in [-0.1, -0.05) is 42.5 Å². The molecule has 0 radical (unpaired) electrons. The quantitative estimate of drug-likeness (QED) is 0.811. The Hall–Kier alpha value is -1.84. The molecular formula is C17H21NO2. The molecule has 0 spiro atoms. The van der Waals surface area contributed by atoms with Gasteiger partial charge in [0, 0.05) is 0 Å². The summed E-state index contributed by atoms with van der Waals surface area (Å²) < 4.78 is 5.63. The molecule has 3 nitrogen and oxygen atoms in total. The van der Waals surface area contributed by atoms with Crippen LogP contribution in [0.2, 0.25) is 0 Å². The smallest absolute Gasteiger partial charge is 0.119 e. The first kappa shape index (κ1) is 14.6. The molecule has 2 aromatic rings. The Morgan fingerprint density at radius 3 is 2.25 bits per heavy atom. The highest BCUT2D eigenvalue weighted by molar-refractivity contribution is 5.31. The molecule has 0 aliphatic rings. The van der Waals surface area contributed by atoms with Crippen molar-refractivity contribution in [1.82, 2.24) is 5.32 Å². The lowest BCUT2D eigenvalue weighted by Gasteiger charge is -2.14. The summed E-state index contributed by atoms with van der Waals surface area (Å²) in [5, 5.41) is 12.1. The molecule has 0 bridgehead atoms. The minimum atomic E-state index is -0.0287. The van der Waals surface area contributed by atoms with Crippen molar-refractivity contribution in [3.8, 4) is 5.75 Å². The molecule has 1 atom stereocenters. The van der Waals surface area contributed by atoms with Crippen LogP contribution in [0, 0.1) is 0 Å². The summed E-state index contributed by atoms with van der Waals surface area (Å²) >= 11 is 0. The van der Waals surface area contributed by atoms with Gasteiger partial charge in [0.1, 0.15) is 12.4 Å². The fourth-order valence-electron chi connectivity index (χ4n) is 1.96. The van der Waals surface area contributed by atoms with Crippen LogP contribution in [0.5, 0.6) is 5.75 Å². The SMILES string of the molecule is CNC(CO)COc1ccc(Cc2ccccc2)cc1. The maximum atomic E-state index is 9.07. The minimum absolute atomic E-state index is 0.0287. The zero-order valence-corrected chi connectivity index (χ0v) is 11.8. The average Bonchev–Trinajstić information content (AvgIpc) is 2.51. The van der Waals surface area contributed by atoms with E-state index in [-0.39, 0.29) is 12.6 Å². The van der Waals surface area contributed by atoms with Gasteiger partial charge in [-0.25, -0.2) is 0 Å². The summed E-state index contributed by atoms with van der Waals surface area (Å²) in [5.41, 5.74) is 2.56. The van der Waals surface area contributed by atoms with Gasteiger partial charge in [-0.3, -0.25) is 0 Å². The van der Waals surface area contributed by atoms with E-state index in [0.717, 1.165) is 12.2 Å². The van der Waals surface area contributed by atoms with Crippen molar-refractivity contribution in [2.45, 2.75) is 12.5 Å². The summed E-state index contributed by atoms with van der Waals surface area (Å²) in [7, 11) is 1.81. The monoisotopic (exact) mass is 271 g/mol. The second kappa shape index (κ2) is 7.68.